The van der Waals surface area contributed by atoms with Gasteiger partial charge in [-0.05, 0) is 37.3 Å². The van der Waals surface area contributed by atoms with E-state index in [9.17, 15) is 9.59 Å². The summed E-state index contributed by atoms with van der Waals surface area (Å²) >= 11 is 7.49. The molecule has 0 aromatic heterocycles. The van der Waals surface area contributed by atoms with Crippen molar-refractivity contribution in [3.05, 3.63) is 59.1 Å². The Labute approximate surface area is 184 Å². The predicted molar refractivity (Wildman–Crippen MR) is 119 cm³/mol. The molecule has 1 spiro atoms. The second-order valence-corrected chi connectivity index (χ2v) is 9.65. The Morgan fingerprint density at radius 1 is 1.10 bits per heavy atom. The summed E-state index contributed by atoms with van der Waals surface area (Å²) in [6.07, 6.45) is 0. The number of fused-ring (bicyclic) bond motifs is 2. The summed E-state index contributed by atoms with van der Waals surface area (Å²) in [5.41, 5.74) is 2.40. The predicted octanol–water partition coefficient (Wildman–Crippen LogP) is 3.30. The molecule has 0 aliphatic carbocycles. The summed E-state index contributed by atoms with van der Waals surface area (Å²) in [6.45, 7) is 5.24. The van der Waals surface area contributed by atoms with Crippen molar-refractivity contribution in [3.8, 4) is 0 Å². The van der Waals surface area contributed by atoms with E-state index in [1.165, 1.54) is 11.8 Å². The maximum Gasteiger partial charge on any atom is 0.269 e. The summed E-state index contributed by atoms with van der Waals surface area (Å²) < 4.78 is 5.45. The van der Waals surface area contributed by atoms with E-state index >= 15 is 0 Å². The molecule has 2 saturated heterocycles. The number of anilines is 2. The third-order valence-electron chi connectivity index (χ3n) is 5.86. The van der Waals surface area contributed by atoms with E-state index in [0.29, 0.717) is 30.6 Å². The van der Waals surface area contributed by atoms with Crippen molar-refractivity contribution in [1.29, 1.82) is 0 Å². The quantitative estimate of drug-likeness (QED) is 0.728. The van der Waals surface area contributed by atoms with Gasteiger partial charge in [0.15, 0.2) is 0 Å². The highest BCUT2D eigenvalue weighted by Crippen LogP contribution is 2.57. The van der Waals surface area contributed by atoms with Gasteiger partial charge in [-0.15, -0.1) is 11.8 Å². The van der Waals surface area contributed by atoms with Crippen molar-refractivity contribution in [3.63, 3.8) is 0 Å². The van der Waals surface area contributed by atoms with Gasteiger partial charge >= 0.3 is 0 Å². The van der Waals surface area contributed by atoms with Crippen LogP contribution >= 0.6 is 23.4 Å². The first kappa shape index (κ1) is 19.9. The molecule has 6 nitrogen and oxygen atoms in total. The molecule has 3 heterocycles. The fraction of sp³-hybridized carbons (Fsp3) is 0.364. The fourth-order valence-electron chi connectivity index (χ4n) is 4.41. The molecule has 2 aromatic carbocycles. The van der Waals surface area contributed by atoms with E-state index in [4.69, 9.17) is 16.3 Å². The molecule has 5 rings (SSSR count). The molecule has 2 aromatic rings. The third kappa shape index (κ3) is 2.95. The van der Waals surface area contributed by atoms with Gasteiger partial charge in [-0.3, -0.25) is 24.3 Å². The maximum absolute atomic E-state index is 14.0. The minimum atomic E-state index is -1.10. The number of para-hydroxylation sites is 1. The van der Waals surface area contributed by atoms with Crippen LogP contribution in [0.25, 0.3) is 0 Å². The molecule has 2 atom stereocenters. The lowest BCUT2D eigenvalue weighted by Gasteiger charge is -2.35. The zero-order valence-electron chi connectivity index (χ0n) is 16.6. The van der Waals surface area contributed by atoms with Crippen molar-refractivity contribution in [2.24, 2.45) is 0 Å². The molecule has 0 bridgehead atoms. The topological polar surface area (TPSA) is 53.1 Å². The third-order valence-corrected chi connectivity index (χ3v) is 7.58. The molecule has 0 saturated carbocycles. The molecule has 2 fully saturated rings. The van der Waals surface area contributed by atoms with Gasteiger partial charge in [0.1, 0.15) is 0 Å². The van der Waals surface area contributed by atoms with E-state index in [2.05, 4.69) is 4.90 Å². The largest absolute Gasteiger partial charge is 0.379 e. The number of thioether (sulfide) groups is 1. The highest BCUT2D eigenvalue weighted by atomic mass is 35.5. The number of carbonyl (C=O) groups is 2. The number of hydrogen-bond acceptors (Lipinski definition) is 5. The second kappa shape index (κ2) is 7.57. The Morgan fingerprint density at radius 2 is 1.80 bits per heavy atom. The van der Waals surface area contributed by atoms with Crippen molar-refractivity contribution in [2.75, 3.05) is 42.8 Å². The first-order valence-electron chi connectivity index (χ1n) is 10.0. The lowest BCUT2D eigenvalue weighted by Crippen LogP contribution is -2.52. The number of nitrogens with zero attached hydrogens (tertiary/aromatic N) is 3. The van der Waals surface area contributed by atoms with Crippen molar-refractivity contribution < 1.29 is 14.3 Å². The van der Waals surface area contributed by atoms with Crippen LogP contribution in [0.15, 0.2) is 48.5 Å². The minimum absolute atomic E-state index is 0.0706. The average Bonchev–Trinajstić information content (AvgIpc) is 3.16. The van der Waals surface area contributed by atoms with E-state index in [1.807, 2.05) is 36.1 Å². The standard InChI is InChI=1S/C22H22ClN3O3S/c1-15-20(27)26(17-8-6-16(23)7-9-17)22(30-15)18-4-2-3-5-19(18)25(21(22)28)14-24-10-12-29-13-11-24/h2-9,15H,10-14H2,1H3. The van der Waals surface area contributed by atoms with Crippen LogP contribution < -0.4 is 9.80 Å². The molecule has 3 aliphatic heterocycles. The maximum atomic E-state index is 14.0. The van der Waals surface area contributed by atoms with Crippen molar-refractivity contribution in [1.82, 2.24) is 4.90 Å². The highest BCUT2D eigenvalue weighted by molar-refractivity contribution is 8.03. The summed E-state index contributed by atoms with van der Waals surface area (Å²) in [6, 6.07) is 14.9. The van der Waals surface area contributed by atoms with Crippen molar-refractivity contribution in [2.45, 2.75) is 17.0 Å². The van der Waals surface area contributed by atoms with Gasteiger partial charge in [0, 0.05) is 29.4 Å². The zero-order valence-corrected chi connectivity index (χ0v) is 18.2. The summed E-state index contributed by atoms with van der Waals surface area (Å²) in [4.78, 5) is 31.9. The number of ether oxygens (including phenoxy) is 1. The van der Waals surface area contributed by atoms with Crippen LogP contribution in [0.1, 0.15) is 12.5 Å². The lowest BCUT2D eigenvalue weighted by atomic mass is 10.0. The first-order chi connectivity index (χ1) is 14.5. The number of benzene rings is 2. The van der Waals surface area contributed by atoms with Gasteiger partial charge in [0.25, 0.3) is 5.91 Å². The van der Waals surface area contributed by atoms with Crippen LogP contribution in [0.4, 0.5) is 11.4 Å². The number of rotatable bonds is 3. The SMILES string of the molecule is CC1SC2(C(=O)N(CN3CCOCC3)c3ccccc32)N(c2ccc(Cl)cc2)C1=O. The normalized spacial score (nSPS) is 26.7. The fourth-order valence-corrected chi connectivity index (χ4v) is 6.07. The van der Waals surface area contributed by atoms with E-state index in [-0.39, 0.29) is 17.1 Å². The Morgan fingerprint density at radius 3 is 2.53 bits per heavy atom. The molecule has 0 N–H and O–H groups in total. The van der Waals surface area contributed by atoms with Gasteiger partial charge in [0.05, 0.1) is 30.8 Å². The molecule has 156 valence electrons. The first-order valence-corrected chi connectivity index (χ1v) is 11.3. The van der Waals surface area contributed by atoms with Crippen LogP contribution in [-0.2, 0) is 19.2 Å². The molecule has 3 aliphatic rings. The summed E-state index contributed by atoms with van der Waals surface area (Å²) in [7, 11) is 0. The molecular formula is C22H22ClN3O3S. The molecule has 8 heteroatoms. The number of morpholine rings is 1. The Bertz CT molecular complexity index is 995. The van der Waals surface area contributed by atoms with Gasteiger partial charge < -0.3 is 4.74 Å². The molecule has 0 radical (unpaired) electrons. The number of halogens is 1. The Balaban J connectivity index is 1.61. The van der Waals surface area contributed by atoms with Crippen LogP contribution in [0.2, 0.25) is 5.02 Å². The minimum Gasteiger partial charge on any atom is -0.379 e. The molecule has 2 amide bonds. The second-order valence-electron chi connectivity index (χ2n) is 7.68. The summed E-state index contributed by atoms with van der Waals surface area (Å²) in [5, 5.41) is 0.258. The van der Waals surface area contributed by atoms with Crippen molar-refractivity contribution >= 4 is 46.6 Å². The van der Waals surface area contributed by atoms with Gasteiger partial charge in [-0.25, -0.2) is 0 Å². The summed E-state index contributed by atoms with van der Waals surface area (Å²) in [5.74, 6) is -0.147. The van der Waals surface area contributed by atoms with Crippen LogP contribution in [-0.4, -0.2) is 54.9 Å². The lowest BCUT2D eigenvalue weighted by molar-refractivity contribution is -0.124. The van der Waals surface area contributed by atoms with Crippen LogP contribution in [0.5, 0.6) is 0 Å². The highest BCUT2D eigenvalue weighted by Gasteiger charge is 2.63. The van der Waals surface area contributed by atoms with Crippen LogP contribution in [0.3, 0.4) is 0 Å². The Kier molecular flexibility index (Phi) is 5.01. The molecule has 30 heavy (non-hydrogen) atoms. The van der Waals surface area contributed by atoms with E-state index < -0.39 is 4.87 Å². The molecular weight excluding hydrogens is 422 g/mol. The Hall–Kier alpha value is -2.06. The smallest absolute Gasteiger partial charge is 0.269 e. The number of amides is 2. The van der Waals surface area contributed by atoms with Gasteiger partial charge in [-0.1, -0.05) is 29.8 Å². The average molecular weight is 444 g/mol. The zero-order chi connectivity index (χ0) is 20.9. The number of carbonyl (C=O) groups excluding carboxylic acids is 2. The van der Waals surface area contributed by atoms with E-state index in [1.54, 1.807) is 29.2 Å². The van der Waals surface area contributed by atoms with Gasteiger partial charge in [-0.2, -0.15) is 0 Å². The number of hydrogen-bond donors (Lipinski definition) is 0. The van der Waals surface area contributed by atoms with Crippen LogP contribution in [0, 0.1) is 0 Å². The monoisotopic (exact) mass is 443 g/mol. The molecule has 2 unspecified atom stereocenters. The van der Waals surface area contributed by atoms with E-state index in [0.717, 1.165) is 24.3 Å². The van der Waals surface area contributed by atoms with Gasteiger partial charge in [0.2, 0.25) is 10.8 Å².